The number of hydrogen-bond acceptors (Lipinski definition) is 2. The van der Waals surface area contributed by atoms with Crippen LogP contribution in [0.5, 0.6) is 0 Å². The van der Waals surface area contributed by atoms with Crippen LogP contribution in [0.15, 0.2) is 18.2 Å². The van der Waals surface area contributed by atoms with Gasteiger partial charge in [-0.25, -0.2) is 8.78 Å². The second-order valence-electron chi connectivity index (χ2n) is 5.35. The Morgan fingerprint density at radius 1 is 1.33 bits per heavy atom. The Morgan fingerprint density at radius 3 is 2.50 bits per heavy atom. The first-order chi connectivity index (χ1) is 8.44. The lowest BCUT2D eigenvalue weighted by Crippen LogP contribution is -2.38. The zero-order valence-corrected chi connectivity index (χ0v) is 10.9. The largest absolute Gasteiger partial charge is 0.396 e. The molecule has 1 aromatic rings. The van der Waals surface area contributed by atoms with Gasteiger partial charge < -0.3 is 10.8 Å². The van der Waals surface area contributed by atoms with E-state index in [-0.39, 0.29) is 25.1 Å². The molecular formula is C14H21F2NO. The molecule has 0 fully saturated rings. The van der Waals surface area contributed by atoms with Crippen LogP contribution in [0.25, 0.3) is 0 Å². The highest BCUT2D eigenvalue weighted by atomic mass is 19.2. The Kier molecular flexibility index (Phi) is 5.23. The van der Waals surface area contributed by atoms with Gasteiger partial charge in [0.2, 0.25) is 0 Å². The average molecular weight is 257 g/mol. The van der Waals surface area contributed by atoms with Gasteiger partial charge in [0.25, 0.3) is 0 Å². The highest BCUT2D eigenvalue weighted by Crippen LogP contribution is 2.30. The van der Waals surface area contributed by atoms with E-state index in [0.717, 1.165) is 6.07 Å². The van der Waals surface area contributed by atoms with Gasteiger partial charge in [-0.1, -0.05) is 26.0 Å². The lowest BCUT2D eigenvalue weighted by atomic mass is 9.76. The third-order valence-corrected chi connectivity index (χ3v) is 3.21. The monoisotopic (exact) mass is 257 g/mol. The molecule has 1 atom stereocenters. The number of hydrogen-bond donors (Lipinski definition) is 2. The van der Waals surface area contributed by atoms with E-state index in [9.17, 15) is 13.9 Å². The summed E-state index contributed by atoms with van der Waals surface area (Å²) in [6.07, 6.45) is 0.928. The van der Waals surface area contributed by atoms with Crippen LogP contribution in [0, 0.1) is 23.0 Å². The van der Waals surface area contributed by atoms with Crippen LogP contribution in [0.3, 0.4) is 0 Å². The minimum absolute atomic E-state index is 0.127. The molecule has 1 unspecified atom stereocenters. The summed E-state index contributed by atoms with van der Waals surface area (Å²) in [5, 5.41) is 9.55. The van der Waals surface area contributed by atoms with Crippen LogP contribution < -0.4 is 5.73 Å². The summed E-state index contributed by atoms with van der Waals surface area (Å²) >= 11 is 0. The molecule has 102 valence electrons. The quantitative estimate of drug-likeness (QED) is 0.822. The molecule has 0 bridgehead atoms. The molecule has 2 nitrogen and oxygen atoms in total. The predicted octanol–water partition coefficient (Wildman–Crippen LogP) is 2.49. The van der Waals surface area contributed by atoms with Gasteiger partial charge in [-0.3, -0.25) is 0 Å². The van der Waals surface area contributed by atoms with Crippen molar-refractivity contribution in [3.63, 3.8) is 0 Å². The Morgan fingerprint density at radius 2 is 2.00 bits per heavy atom. The first kappa shape index (κ1) is 15.1. The summed E-state index contributed by atoms with van der Waals surface area (Å²) in [4.78, 5) is 0. The fourth-order valence-corrected chi connectivity index (χ4v) is 2.37. The Bertz CT molecular complexity index is 389. The van der Waals surface area contributed by atoms with Gasteiger partial charge in [0.1, 0.15) is 0 Å². The van der Waals surface area contributed by atoms with Crippen molar-refractivity contribution in [2.75, 3.05) is 13.2 Å². The topological polar surface area (TPSA) is 46.2 Å². The summed E-state index contributed by atoms with van der Waals surface area (Å²) in [6, 6.07) is 4.10. The van der Waals surface area contributed by atoms with Crippen molar-refractivity contribution in [3.8, 4) is 0 Å². The van der Waals surface area contributed by atoms with Crippen molar-refractivity contribution in [2.45, 2.75) is 26.7 Å². The van der Waals surface area contributed by atoms with Gasteiger partial charge in [-0.2, -0.15) is 0 Å². The number of nitrogens with two attached hydrogens (primary N) is 1. The number of halogens is 2. The smallest absolute Gasteiger partial charge is 0.162 e. The Balaban J connectivity index is 2.99. The van der Waals surface area contributed by atoms with Crippen LogP contribution >= 0.6 is 0 Å². The third-order valence-electron chi connectivity index (χ3n) is 3.21. The molecule has 0 aromatic heterocycles. The minimum atomic E-state index is -0.860. The normalized spacial score (nSPS) is 14.8. The number of aliphatic hydroxyl groups excluding tert-OH is 1. The maximum absolute atomic E-state index is 13.6. The molecule has 0 saturated carbocycles. The first-order valence-electron chi connectivity index (χ1n) is 6.18. The van der Waals surface area contributed by atoms with Crippen molar-refractivity contribution < 1.29 is 13.9 Å². The van der Waals surface area contributed by atoms with E-state index in [0.29, 0.717) is 12.3 Å². The Hall–Kier alpha value is -1.00. The zero-order valence-electron chi connectivity index (χ0n) is 10.9. The SMILES string of the molecule is CC(C)CC(CN)(CO)Cc1cccc(F)c1F. The molecule has 1 rings (SSSR count). The van der Waals surface area contributed by atoms with E-state index in [1.54, 1.807) is 6.07 Å². The van der Waals surface area contributed by atoms with Crippen LogP contribution in [0.1, 0.15) is 25.8 Å². The molecule has 0 amide bonds. The fourth-order valence-electron chi connectivity index (χ4n) is 2.37. The van der Waals surface area contributed by atoms with Crippen LogP contribution in [-0.2, 0) is 6.42 Å². The molecule has 0 radical (unpaired) electrons. The lowest BCUT2D eigenvalue weighted by Gasteiger charge is -2.32. The van der Waals surface area contributed by atoms with E-state index in [2.05, 4.69) is 0 Å². The highest BCUT2D eigenvalue weighted by molar-refractivity contribution is 5.20. The molecule has 3 N–H and O–H groups in total. The molecule has 1 aromatic carbocycles. The van der Waals surface area contributed by atoms with Crippen LogP contribution in [0.4, 0.5) is 8.78 Å². The summed E-state index contributed by atoms with van der Waals surface area (Å²) in [7, 11) is 0. The first-order valence-corrected chi connectivity index (χ1v) is 6.18. The molecular weight excluding hydrogens is 236 g/mol. The third kappa shape index (κ3) is 3.50. The van der Waals surface area contributed by atoms with Crippen LogP contribution in [0.2, 0.25) is 0 Å². The van der Waals surface area contributed by atoms with Crippen LogP contribution in [-0.4, -0.2) is 18.3 Å². The van der Waals surface area contributed by atoms with E-state index < -0.39 is 17.0 Å². The van der Waals surface area contributed by atoms with Crippen molar-refractivity contribution in [2.24, 2.45) is 17.1 Å². The predicted molar refractivity (Wildman–Crippen MR) is 68.1 cm³/mol. The van der Waals surface area contributed by atoms with Crippen molar-refractivity contribution >= 4 is 0 Å². The molecule has 0 aliphatic heterocycles. The average Bonchev–Trinajstić information content (AvgIpc) is 2.33. The van der Waals surface area contributed by atoms with E-state index in [4.69, 9.17) is 5.73 Å². The number of aliphatic hydroxyl groups is 1. The minimum Gasteiger partial charge on any atom is -0.396 e. The summed E-state index contributed by atoms with van der Waals surface area (Å²) in [6.45, 7) is 4.15. The van der Waals surface area contributed by atoms with Gasteiger partial charge in [0.05, 0.1) is 6.61 Å². The van der Waals surface area contributed by atoms with Gasteiger partial charge in [0.15, 0.2) is 11.6 Å². The van der Waals surface area contributed by atoms with Crippen molar-refractivity contribution in [3.05, 3.63) is 35.4 Å². The van der Waals surface area contributed by atoms with E-state index >= 15 is 0 Å². The van der Waals surface area contributed by atoms with Gasteiger partial charge in [-0.05, 0) is 30.4 Å². The fraction of sp³-hybridized carbons (Fsp3) is 0.571. The van der Waals surface area contributed by atoms with Crippen molar-refractivity contribution in [1.82, 2.24) is 0 Å². The summed E-state index contributed by atoms with van der Waals surface area (Å²) < 4.78 is 26.8. The molecule has 18 heavy (non-hydrogen) atoms. The molecule has 4 heteroatoms. The highest BCUT2D eigenvalue weighted by Gasteiger charge is 2.30. The molecule has 0 heterocycles. The maximum atomic E-state index is 13.6. The Labute approximate surface area is 107 Å². The maximum Gasteiger partial charge on any atom is 0.162 e. The molecule has 0 aliphatic rings. The van der Waals surface area contributed by atoms with Gasteiger partial charge in [0, 0.05) is 12.0 Å². The molecule has 0 spiro atoms. The van der Waals surface area contributed by atoms with Gasteiger partial charge in [-0.15, -0.1) is 0 Å². The summed E-state index contributed by atoms with van der Waals surface area (Å²) in [5.41, 5.74) is 5.42. The van der Waals surface area contributed by atoms with Gasteiger partial charge >= 0.3 is 0 Å². The number of rotatable bonds is 6. The lowest BCUT2D eigenvalue weighted by molar-refractivity contribution is 0.107. The molecule has 0 saturated heterocycles. The second kappa shape index (κ2) is 6.25. The van der Waals surface area contributed by atoms with E-state index in [1.807, 2.05) is 13.8 Å². The zero-order chi connectivity index (χ0) is 13.8. The second-order valence-corrected chi connectivity index (χ2v) is 5.35. The van der Waals surface area contributed by atoms with Crippen molar-refractivity contribution in [1.29, 1.82) is 0 Å². The van der Waals surface area contributed by atoms with E-state index in [1.165, 1.54) is 6.07 Å². The number of benzene rings is 1. The molecule has 0 aliphatic carbocycles. The standard InChI is InChI=1S/C14H21F2NO/c1-10(2)6-14(8-17,9-18)7-11-4-3-5-12(15)13(11)16/h3-5,10,18H,6-9,17H2,1-2H3. The summed E-state index contributed by atoms with van der Waals surface area (Å²) in [5.74, 6) is -1.37.